The largest absolute Gasteiger partial charge is 0.507 e. The van der Waals surface area contributed by atoms with Gasteiger partial charge in [0.1, 0.15) is 28.8 Å². The first-order valence-electron chi connectivity index (χ1n) is 6.94. The summed E-state index contributed by atoms with van der Waals surface area (Å²) in [4.78, 5) is 0. The van der Waals surface area contributed by atoms with Crippen LogP contribution >= 0.6 is 0 Å². The van der Waals surface area contributed by atoms with Crippen LogP contribution in [0.4, 0.5) is 4.39 Å². The third-order valence-corrected chi connectivity index (χ3v) is 3.38. The molecule has 0 aliphatic rings. The number of benzene rings is 2. The number of nitrogens with one attached hydrogen (secondary N) is 1. The number of aryl methyl sites for hydroxylation is 1. The van der Waals surface area contributed by atoms with Crippen LogP contribution in [0.15, 0.2) is 42.5 Å². The van der Waals surface area contributed by atoms with E-state index >= 15 is 0 Å². The summed E-state index contributed by atoms with van der Waals surface area (Å²) in [5, 5.41) is 17.2. The molecule has 0 bridgehead atoms. The van der Waals surface area contributed by atoms with Crippen LogP contribution in [0, 0.1) is 12.7 Å². The normalized spacial score (nSPS) is 10.6. The molecule has 5 nitrogen and oxygen atoms in total. The highest BCUT2D eigenvalue weighted by molar-refractivity contribution is 5.74. The van der Waals surface area contributed by atoms with Gasteiger partial charge < -0.3 is 14.6 Å². The van der Waals surface area contributed by atoms with E-state index in [4.69, 9.17) is 9.47 Å². The van der Waals surface area contributed by atoms with Crippen LogP contribution in [0.3, 0.4) is 0 Å². The van der Waals surface area contributed by atoms with Crippen LogP contribution in [0.2, 0.25) is 0 Å². The molecule has 0 saturated heterocycles. The SMILES string of the molecule is COc1ccc(-c2n[nH]c(C)c2Oc2ccc(F)cc2)c(O)c1. The minimum Gasteiger partial charge on any atom is -0.507 e. The van der Waals surface area contributed by atoms with Crippen molar-refractivity contribution in [1.82, 2.24) is 10.2 Å². The molecule has 0 amide bonds. The van der Waals surface area contributed by atoms with Gasteiger partial charge in [-0.1, -0.05) is 0 Å². The molecular formula is C17H15FN2O3. The van der Waals surface area contributed by atoms with Gasteiger partial charge >= 0.3 is 0 Å². The standard InChI is InChI=1S/C17H15FN2O3/c1-10-17(23-12-5-3-11(18)4-6-12)16(20-19-10)14-8-7-13(22-2)9-15(14)21/h3-9,21H,1-2H3,(H,19,20). The first kappa shape index (κ1) is 14.9. The highest BCUT2D eigenvalue weighted by atomic mass is 19.1. The summed E-state index contributed by atoms with van der Waals surface area (Å²) in [5.74, 6) is 1.18. The Bertz CT molecular complexity index is 828. The Balaban J connectivity index is 2.00. The highest BCUT2D eigenvalue weighted by Gasteiger charge is 2.18. The fraction of sp³-hybridized carbons (Fsp3) is 0.118. The maximum Gasteiger partial charge on any atom is 0.176 e. The lowest BCUT2D eigenvalue weighted by atomic mass is 10.1. The molecule has 0 aliphatic carbocycles. The average Bonchev–Trinajstić information content (AvgIpc) is 2.90. The number of phenolic OH excluding ortho intramolecular Hbond substituents is 1. The molecule has 0 atom stereocenters. The number of aromatic amines is 1. The van der Waals surface area contributed by atoms with Gasteiger partial charge in [0.2, 0.25) is 0 Å². The molecule has 0 spiro atoms. The molecule has 0 radical (unpaired) electrons. The second kappa shape index (κ2) is 6.00. The number of ether oxygens (including phenoxy) is 2. The summed E-state index contributed by atoms with van der Waals surface area (Å²) >= 11 is 0. The second-order valence-corrected chi connectivity index (χ2v) is 4.97. The Morgan fingerprint density at radius 2 is 1.78 bits per heavy atom. The molecule has 0 fully saturated rings. The van der Waals surface area contributed by atoms with E-state index in [1.807, 2.05) is 0 Å². The molecule has 118 valence electrons. The van der Waals surface area contributed by atoms with Crippen LogP contribution in [0.5, 0.6) is 23.0 Å². The number of H-pyrrole nitrogens is 1. The molecule has 3 rings (SSSR count). The zero-order chi connectivity index (χ0) is 16.4. The van der Waals surface area contributed by atoms with Crippen molar-refractivity contribution in [2.24, 2.45) is 0 Å². The van der Waals surface area contributed by atoms with E-state index in [1.165, 1.54) is 37.4 Å². The van der Waals surface area contributed by atoms with Crippen molar-refractivity contribution in [2.45, 2.75) is 6.92 Å². The molecular weight excluding hydrogens is 299 g/mol. The molecule has 1 aromatic heterocycles. The number of methoxy groups -OCH3 is 1. The predicted molar refractivity (Wildman–Crippen MR) is 83.5 cm³/mol. The Hall–Kier alpha value is -3.02. The van der Waals surface area contributed by atoms with Crippen LogP contribution in [0.1, 0.15) is 5.69 Å². The van der Waals surface area contributed by atoms with Crippen molar-refractivity contribution < 1.29 is 19.0 Å². The van der Waals surface area contributed by atoms with E-state index in [0.717, 1.165) is 0 Å². The fourth-order valence-corrected chi connectivity index (χ4v) is 2.19. The minimum absolute atomic E-state index is 0.0276. The summed E-state index contributed by atoms with van der Waals surface area (Å²) in [5.41, 5.74) is 1.67. The molecule has 3 aromatic rings. The molecule has 0 saturated carbocycles. The van der Waals surface area contributed by atoms with Gasteiger partial charge in [-0.2, -0.15) is 5.10 Å². The first-order valence-corrected chi connectivity index (χ1v) is 6.94. The highest BCUT2D eigenvalue weighted by Crippen LogP contribution is 2.39. The molecule has 2 aromatic carbocycles. The van der Waals surface area contributed by atoms with Crippen LogP contribution in [-0.2, 0) is 0 Å². The number of phenols is 1. The van der Waals surface area contributed by atoms with Gasteiger partial charge in [0.05, 0.1) is 12.8 Å². The van der Waals surface area contributed by atoms with E-state index in [-0.39, 0.29) is 11.6 Å². The number of aromatic hydroxyl groups is 1. The number of hydrogen-bond acceptors (Lipinski definition) is 4. The van der Waals surface area contributed by atoms with Crippen molar-refractivity contribution in [3.63, 3.8) is 0 Å². The maximum absolute atomic E-state index is 13.0. The number of halogens is 1. The Kier molecular flexibility index (Phi) is 3.89. The minimum atomic E-state index is -0.339. The van der Waals surface area contributed by atoms with Gasteiger partial charge in [0, 0.05) is 11.6 Å². The first-order chi connectivity index (χ1) is 11.1. The summed E-state index contributed by atoms with van der Waals surface area (Å²) in [6.45, 7) is 1.80. The third kappa shape index (κ3) is 2.96. The molecule has 1 heterocycles. The van der Waals surface area contributed by atoms with E-state index in [0.29, 0.717) is 34.2 Å². The van der Waals surface area contributed by atoms with Gasteiger partial charge in [-0.05, 0) is 43.3 Å². The lowest BCUT2D eigenvalue weighted by Crippen LogP contribution is -1.89. The van der Waals surface area contributed by atoms with Crippen molar-refractivity contribution in [3.05, 3.63) is 54.0 Å². The zero-order valence-electron chi connectivity index (χ0n) is 12.6. The van der Waals surface area contributed by atoms with E-state index in [9.17, 15) is 9.50 Å². The Morgan fingerprint density at radius 1 is 1.09 bits per heavy atom. The van der Waals surface area contributed by atoms with E-state index in [1.54, 1.807) is 19.1 Å². The summed E-state index contributed by atoms with van der Waals surface area (Å²) < 4.78 is 23.9. The molecule has 0 unspecified atom stereocenters. The monoisotopic (exact) mass is 314 g/mol. The van der Waals surface area contributed by atoms with Crippen LogP contribution < -0.4 is 9.47 Å². The molecule has 2 N–H and O–H groups in total. The third-order valence-electron chi connectivity index (χ3n) is 3.38. The Morgan fingerprint density at radius 3 is 2.43 bits per heavy atom. The van der Waals surface area contributed by atoms with Crippen molar-refractivity contribution >= 4 is 0 Å². The van der Waals surface area contributed by atoms with Gasteiger partial charge in [-0.3, -0.25) is 5.10 Å². The summed E-state index contributed by atoms with van der Waals surface area (Å²) in [6.07, 6.45) is 0. The molecule has 23 heavy (non-hydrogen) atoms. The van der Waals surface area contributed by atoms with Gasteiger partial charge in [0.25, 0.3) is 0 Å². The van der Waals surface area contributed by atoms with Crippen molar-refractivity contribution in [1.29, 1.82) is 0 Å². The van der Waals surface area contributed by atoms with Crippen molar-refractivity contribution in [3.8, 4) is 34.3 Å². The van der Waals surface area contributed by atoms with Gasteiger partial charge in [-0.15, -0.1) is 0 Å². The Labute approximate surface area is 132 Å². The maximum atomic E-state index is 13.0. The lowest BCUT2D eigenvalue weighted by molar-refractivity contribution is 0.408. The molecule has 6 heteroatoms. The van der Waals surface area contributed by atoms with E-state index < -0.39 is 0 Å². The molecule has 0 aliphatic heterocycles. The van der Waals surface area contributed by atoms with Gasteiger partial charge in [-0.25, -0.2) is 4.39 Å². The quantitative estimate of drug-likeness (QED) is 0.763. The zero-order valence-corrected chi connectivity index (χ0v) is 12.6. The topological polar surface area (TPSA) is 67.4 Å². The van der Waals surface area contributed by atoms with Crippen LogP contribution in [0.25, 0.3) is 11.3 Å². The summed E-state index contributed by atoms with van der Waals surface area (Å²) in [7, 11) is 1.52. The summed E-state index contributed by atoms with van der Waals surface area (Å²) in [6, 6.07) is 10.6. The predicted octanol–water partition coefficient (Wildman–Crippen LogP) is 4.03. The fourth-order valence-electron chi connectivity index (χ4n) is 2.19. The number of hydrogen-bond donors (Lipinski definition) is 2. The van der Waals surface area contributed by atoms with Gasteiger partial charge in [0.15, 0.2) is 5.75 Å². The van der Waals surface area contributed by atoms with Crippen LogP contribution in [-0.4, -0.2) is 22.4 Å². The smallest absolute Gasteiger partial charge is 0.176 e. The lowest BCUT2D eigenvalue weighted by Gasteiger charge is -2.09. The number of aromatic nitrogens is 2. The number of nitrogens with zero attached hydrogens (tertiary/aromatic N) is 1. The average molecular weight is 314 g/mol. The second-order valence-electron chi connectivity index (χ2n) is 4.97. The van der Waals surface area contributed by atoms with E-state index in [2.05, 4.69) is 10.2 Å². The number of rotatable bonds is 4. The van der Waals surface area contributed by atoms with Crippen molar-refractivity contribution in [2.75, 3.05) is 7.11 Å².